The van der Waals surface area contributed by atoms with Gasteiger partial charge in [0.25, 0.3) is 0 Å². The lowest BCUT2D eigenvalue weighted by Crippen LogP contribution is -2.26. The normalized spacial score (nSPS) is 11.6. The molecule has 2 aromatic rings. The molecule has 0 atom stereocenters. The van der Waals surface area contributed by atoms with E-state index in [2.05, 4.69) is 10.0 Å². The summed E-state index contributed by atoms with van der Waals surface area (Å²) in [6.45, 7) is -0.157. The molecule has 1 amide bonds. The molecule has 0 saturated heterocycles. The molecule has 132 valence electrons. The minimum atomic E-state index is -3.70. The molecular formula is C17H16F2N2O3S. The molecule has 0 fully saturated rings. The van der Waals surface area contributed by atoms with Crippen molar-refractivity contribution in [2.45, 2.75) is 6.42 Å². The van der Waals surface area contributed by atoms with Crippen LogP contribution in [0.25, 0.3) is 6.08 Å². The topological polar surface area (TPSA) is 75.3 Å². The van der Waals surface area contributed by atoms with E-state index < -0.39 is 27.6 Å². The van der Waals surface area contributed by atoms with Gasteiger partial charge in [-0.15, -0.1) is 0 Å². The number of sulfonamides is 1. The van der Waals surface area contributed by atoms with Crippen molar-refractivity contribution in [1.82, 2.24) is 4.72 Å². The highest BCUT2D eigenvalue weighted by molar-refractivity contribution is 7.92. The Morgan fingerprint density at radius 1 is 1.08 bits per heavy atom. The maximum absolute atomic E-state index is 13.4. The molecule has 0 saturated carbocycles. The molecule has 25 heavy (non-hydrogen) atoms. The van der Waals surface area contributed by atoms with Crippen LogP contribution in [0, 0.1) is 11.6 Å². The van der Waals surface area contributed by atoms with Gasteiger partial charge in [0.2, 0.25) is 15.9 Å². The Kier molecular flexibility index (Phi) is 6.37. The van der Waals surface area contributed by atoms with Gasteiger partial charge in [0.05, 0.1) is 5.69 Å². The first-order valence-corrected chi connectivity index (χ1v) is 8.88. The highest BCUT2D eigenvalue weighted by Crippen LogP contribution is 2.14. The number of nitrogens with one attached hydrogen (secondary N) is 2. The van der Waals surface area contributed by atoms with Crippen LogP contribution in [0.4, 0.5) is 14.5 Å². The third kappa shape index (κ3) is 6.44. The molecule has 2 N–H and O–H groups in total. The summed E-state index contributed by atoms with van der Waals surface area (Å²) in [5, 5.41) is 3.25. The Bertz CT molecular complexity index is 869. The second kappa shape index (κ2) is 8.50. The van der Waals surface area contributed by atoms with Crippen LogP contribution in [0.3, 0.4) is 0 Å². The molecule has 0 aliphatic heterocycles. The second-order valence-corrected chi connectivity index (χ2v) is 6.73. The molecule has 0 aromatic heterocycles. The summed E-state index contributed by atoms with van der Waals surface area (Å²) in [5.41, 5.74) is 0.552. The Hall–Kier alpha value is -2.58. The highest BCUT2D eigenvalue weighted by atomic mass is 32.2. The largest absolute Gasteiger partial charge is 0.324 e. The fourth-order valence-electron chi connectivity index (χ4n) is 1.89. The van der Waals surface area contributed by atoms with Crippen molar-refractivity contribution in [3.05, 3.63) is 71.1 Å². The molecular weight excluding hydrogens is 350 g/mol. The third-order valence-electron chi connectivity index (χ3n) is 3.10. The summed E-state index contributed by atoms with van der Waals surface area (Å²) in [7, 11) is -3.70. The predicted octanol–water partition coefficient (Wildman–Crippen LogP) is 2.88. The summed E-state index contributed by atoms with van der Waals surface area (Å²) < 4.78 is 52.0. The van der Waals surface area contributed by atoms with Gasteiger partial charge in [0, 0.05) is 24.4 Å². The van der Waals surface area contributed by atoms with Crippen molar-refractivity contribution < 1.29 is 22.0 Å². The van der Waals surface area contributed by atoms with E-state index in [4.69, 9.17) is 0 Å². The lowest BCUT2D eigenvalue weighted by atomic mass is 10.2. The monoisotopic (exact) mass is 366 g/mol. The van der Waals surface area contributed by atoms with E-state index in [-0.39, 0.29) is 18.7 Å². The van der Waals surface area contributed by atoms with Crippen molar-refractivity contribution >= 4 is 27.7 Å². The minimum Gasteiger partial charge on any atom is -0.324 e. The molecule has 0 heterocycles. The molecule has 0 radical (unpaired) electrons. The number of anilines is 1. The minimum absolute atomic E-state index is 0.157. The molecule has 0 aliphatic rings. The first-order valence-electron chi connectivity index (χ1n) is 7.33. The second-order valence-electron chi connectivity index (χ2n) is 5.08. The Morgan fingerprint density at radius 3 is 2.48 bits per heavy atom. The number of carbonyl (C=O) groups is 1. The molecule has 0 bridgehead atoms. The van der Waals surface area contributed by atoms with Crippen LogP contribution < -0.4 is 10.0 Å². The number of halogens is 2. The number of rotatable bonds is 7. The first-order chi connectivity index (χ1) is 11.9. The molecule has 0 spiro atoms. The zero-order chi connectivity index (χ0) is 18.3. The number of amides is 1. The lowest BCUT2D eigenvalue weighted by Gasteiger charge is -2.07. The maximum Gasteiger partial charge on any atom is 0.233 e. The van der Waals surface area contributed by atoms with E-state index >= 15 is 0 Å². The maximum atomic E-state index is 13.4. The summed E-state index contributed by atoms with van der Waals surface area (Å²) in [6.07, 6.45) is 1.23. The van der Waals surface area contributed by atoms with Gasteiger partial charge in [-0.25, -0.2) is 21.9 Å². The van der Waals surface area contributed by atoms with Gasteiger partial charge in [-0.2, -0.15) is 0 Å². The SMILES string of the molecule is O=C(CCNS(=O)(=O)/C=C/c1ccccc1)Nc1ccc(F)cc1F. The zero-order valence-corrected chi connectivity index (χ0v) is 13.9. The zero-order valence-electron chi connectivity index (χ0n) is 13.1. The van der Waals surface area contributed by atoms with Crippen LogP contribution in [0.1, 0.15) is 12.0 Å². The van der Waals surface area contributed by atoms with Gasteiger partial charge in [0.1, 0.15) is 11.6 Å². The predicted molar refractivity (Wildman–Crippen MR) is 92.0 cm³/mol. The average Bonchev–Trinajstić information content (AvgIpc) is 2.56. The van der Waals surface area contributed by atoms with Gasteiger partial charge in [-0.3, -0.25) is 4.79 Å². The van der Waals surface area contributed by atoms with E-state index in [1.54, 1.807) is 24.3 Å². The van der Waals surface area contributed by atoms with Crippen LogP contribution >= 0.6 is 0 Å². The Morgan fingerprint density at radius 2 is 1.80 bits per heavy atom. The summed E-state index contributed by atoms with van der Waals surface area (Å²) in [4.78, 5) is 11.7. The van der Waals surface area contributed by atoms with E-state index in [1.165, 1.54) is 6.08 Å². The standard InChI is InChI=1S/C17H16F2N2O3S/c18-14-6-7-16(15(19)12-14)21-17(22)8-10-20-25(23,24)11-9-13-4-2-1-3-5-13/h1-7,9,11-12,20H,8,10H2,(H,21,22)/b11-9+. The van der Waals surface area contributed by atoms with Crippen LogP contribution in [0.15, 0.2) is 53.9 Å². The number of hydrogen-bond acceptors (Lipinski definition) is 3. The van der Waals surface area contributed by atoms with Crippen molar-refractivity contribution in [2.75, 3.05) is 11.9 Å². The number of benzene rings is 2. The lowest BCUT2D eigenvalue weighted by molar-refractivity contribution is -0.116. The van der Waals surface area contributed by atoms with E-state index in [9.17, 15) is 22.0 Å². The van der Waals surface area contributed by atoms with Crippen LogP contribution in [-0.2, 0) is 14.8 Å². The fraction of sp³-hybridized carbons (Fsp3) is 0.118. The Balaban J connectivity index is 1.82. The quantitative estimate of drug-likeness (QED) is 0.791. The number of hydrogen-bond donors (Lipinski definition) is 2. The van der Waals surface area contributed by atoms with Gasteiger partial charge in [-0.05, 0) is 23.8 Å². The smallest absolute Gasteiger partial charge is 0.233 e. The van der Waals surface area contributed by atoms with Crippen molar-refractivity contribution in [3.63, 3.8) is 0 Å². The van der Waals surface area contributed by atoms with Crippen LogP contribution in [0.2, 0.25) is 0 Å². The highest BCUT2D eigenvalue weighted by Gasteiger charge is 2.10. The molecule has 2 aromatic carbocycles. The van der Waals surface area contributed by atoms with Gasteiger partial charge >= 0.3 is 0 Å². The van der Waals surface area contributed by atoms with Gasteiger partial charge < -0.3 is 5.32 Å². The van der Waals surface area contributed by atoms with Gasteiger partial charge in [-0.1, -0.05) is 30.3 Å². The van der Waals surface area contributed by atoms with Crippen molar-refractivity contribution in [2.24, 2.45) is 0 Å². The fourth-order valence-corrected chi connectivity index (χ4v) is 2.71. The molecule has 5 nitrogen and oxygen atoms in total. The first kappa shape index (κ1) is 18.8. The molecule has 2 rings (SSSR count). The van der Waals surface area contributed by atoms with E-state index in [0.717, 1.165) is 23.1 Å². The van der Waals surface area contributed by atoms with Crippen molar-refractivity contribution in [3.8, 4) is 0 Å². The van der Waals surface area contributed by atoms with Crippen LogP contribution in [-0.4, -0.2) is 20.9 Å². The number of carbonyl (C=O) groups excluding carboxylic acids is 1. The van der Waals surface area contributed by atoms with Gasteiger partial charge in [0.15, 0.2) is 0 Å². The van der Waals surface area contributed by atoms with Crippen molar-refractivity contribution in [1.29, 1.82) is 0 Å². The molecule has 8 heteroatoms. The molecule has 0 aliphatic carbocycles. The van der Waals surface area contributed by atoms with Crippen LogP contribution in [0.5, 0.6) is 0 Å². The summed E-state index contributed by atoms with van der Waals surface area (Å²) >= 11 is 0. The average molecular weight is 366 g/mol. The summed E-state index contributed by atoms with van der Waals surface area (Å²) in [5.74, 6) is -2.26. The third-order valence-corrected chi connectivity index (χ3v) is 4.20. The Labute approximate surface area is 144 Å². The van der Waals surface area contributed by atoms with E-state index in [0.29, 0.717) is 6.07 Å². The van der Waals surface area contributed by atoms with E-state index in [1.807, 2.05) is 6.07 Å². The molecule has 0 unspecified atom stereocenters. The summed E-state index contributed by atoms with van der Waals surface area (Å²) in [6, 6.07) is 11.6.